The van der Waals surface area contributed by atoms with E-state index in [-0.39, 0.29) is 12.0 Å². The number of hydrogen-bond acceptors (Lipinski definition) is 4. The summed E-state index contributed by atoms with van der Waals surface area (Å²) >= 11 is 0. The van der Waals surface area contributed by atoms with Crippen LogP contribution in [0.15, 0.2) is 0 Å². The molecule has 112 valence electrons. The van der Waals surface area contributed by atoms with Crippen LogP contribution in [-0.2, 0) is 14.3 Å². The fraction of sp³-hybridized carbons (Fsp3) is 0.917. The SMILES string of the molecule is CC(C)(C)[C@]1(CCOS(C)(=O)=O)CCCN1C(=O)O. The van der Waals surface area contributed by atoms with Gasteiger partial charge in [-0.2, -0.15) is 8.42 Å². The third-order valence-electron chi connectivity index (χ3n) is 3.93. The van der Waals surface area contributed by atoms with Gasteiger partial charge in [-0.25, -0.2) is 4.79 Å². The van der Waals surface area contributed by atoms with Crippen LogP contribution in [0.25, 0.3) is 0 Å². The summed E-state index contributed by atoms with van der Waals surface area (Å²) in [5.74, 6) is 0. The van der Waals surface area contributed by atoms with Crippen molar-refractivity contribution in [3.05, 3.63) is 0 Å². The predicted octanol–water partition coefficient (Wildman–Crippen LogP) is 1.91. The van der Waals surface area contributed by atoms with Crippen molar-refractivity contribution < 1.29 is 22.5 Å². The first-order chi connectivity index (χ1) is 8.50. The maximum atomic E-state index is 11.4. The van der Waals surface area contributed by atoms with E-state index in [9.17, 15) is 18.3 Å². The van der Waals surface area contributed by atoms with Crippen LogP contribution in [0.2, 0.25) is 0 Å². The summed E-state index contributed by atoms with van der Waals surface area (Å²) in [4.78, 5) is 12.8. The zero-order valence-electron chi connectivity index (χ0n) is 12.0. The average molecular weight is 293 g/mol. The van der Waals surface area contributed by atoms with E-state index in [2.05, 4.69) is 0 Å². The monoisotopic (exact) mass is 293 g/mol. The fourth-order valence-electron chi connectivity index (χ4n) is 2.93. The van der Waals surface area contributed by atoms with Gasteiger partial charge in [-0.1, -0.05) is 20.8 Å². The third kappa shape index (κ3) is 3.60. The third-order valence-corrected chi connectivity index (χ3v) is 4.52. The molecule has 1 N–H and O–H groups in total. The summed E-state index contributed by atoms with van der Waals surface area (Å²) < 4.78 is 26.8. The van der Waals surface area contributed by atoms with Crippen molar-refractivity contribution in [1.82, 2.24) is 4.90 Å². The van der Waals surface area contributed by atoms with Crippen LogP contribution in [0.4, 0.5) is 4.79 Å². The van der Waals surface area contributed by atoms with Gasteiger partial charge in [0.25, 0.3) is 10.1 Å². The van der Waals surface area contributed by atoms with E-state index < -0.39 is 21.8 Å². The lowest BCUT2D eigenvalue weighted by Crippen LogP contribution is -2.55. The number of nitrogens with zero attached hydrogens (tertiary/aromatic N) is 1. The summed E-state index contributed by atoms with van der Waals surface area (Å²) in [6, 6.07) is 0. The average Bonchev–Trinajstić information content (AvgIpc) is 2.59. The number of likely N-dealkylation sites (tertiary alicyclic amines) is 1. The zero-order chi connectivity index (χ0) is 14.9. The van der Waals surface area contributed by atoms with Gasteiger partial charge < -0.3 is 10.0 Å². The van der Waals surface area contributed by atoms with Crippen LogP contribution in [0.5, 0.6) is 0 Å². The summed E-state index contributed by atoms with van der Waals surface area (Å²) in [6.45, 7) is 6.45. The molecule has 1 fully saturated rings. The Bertz CT molecular complexity index is 440. The first kappa shape index (κ1) is 16.2. The molecule has 0 unspecified atom stereocenters. The van der Waals surface area contributed by atoms with Gasteiger partial charge in [0.05, 0.1) is 18.4 Å². The Balaban J connectivity index is 2.92. The molecular formula is C12H23NO5S. The molecule has 1 atom stereocenters. The molecule has 7 heteroatoms. The number of carbonyl (C=O) groups is 1. The molecular weight excluding hydrogens is 270 g/mol. The summed E-state index contributed by atoms with van der Waals surface area (Å²) in [7, 11) is -3.49. The lowest BCUT2D eigenvalue weighted by molar-refractivity contribution is 0.0157. The standard InChI is InChI=1S/C12H23NO5S/c1-11(2,3)12(7-9-18-19(4,16)17)6-5-8-13(12)10(14)15/h5-9H2,1-4H3,(H,14,15)/t12-/m1/s1. The highest BCUT2D eigenvalue weighted by molar-refractivity contribution is 7.85. The molecule has 0 aromatic carbocycles. The van der Waals surface area contributed by atoms with Gasteiger partial charge in [-0.05, 0) is 24.7 Å². The second kappa shape index (κ2) is 5.28. The maximum absolute atomic E-state index is 11.4. The van der Waals surface area contributed by atoms with Crippen molar-refractivity contribution in [3.63, 3.8) is 0 Å². The highest BCUT2D eigenvalue weighted by Crippen LogP contribution is 2.46. The second-order valence-electron chi connectivity index (χ2n) is 6.10. The molecule has 19 heavy (non-hydrogen) atoms. The van der Waals surface area contributed by atoms with Crippen LogP contribution >= 0.6 is 0 Å². The van der Waals surface area contributed by atoms with E-state index in [1.54, 1.807) is 0 Å². The van der Waals surface area contributed by atoms with Crippen LogP contribution < -0.4 is 0 Å². The Hall–Kier alpha value is -0.820. The normalized spacial score (nSPS) is 24.7. The topological polar surface area (TPSA) is 83.9 Å². The molecule has 6 nitrogen and oxygen atoms in total. The lowest BCUT2D eigenvalue weighted by atomic mass is 9.70. The quantitative estimate of drug-likeness (QED) is 0.800. The zero-order valence-corrected chi connectivity index (χ0v) is 12.8. The second-order valence-corrected chi connectivity index (χ2v) is 7.74. The molecule has 0 spiro atoms. The van der Waals surface area contributed by atoms with E-state index in [4.69, 9.17) is 4.18 Å². The maximum Gasteiger partial charge on any atom is 0.407 e. The van der Waals surface area contributed by atoms with Crippen molar-refractivity contribution in [2.24, 2.45) is 5.41 Å². The minimum Gasteiger partial charge on any atom is -0.465 e. The molecule has 0 aliphatic carbocycles. The van der Waals surface area contributed by atoms with Crippen LogP contribution in [0, 0.1) is 5.41 Å². The number of carboxylic acid groups (broad SMARTS) is 1. The lowest BCUT2D eigenvalue weighted by Gasteiger charge is -2.47. The van der Waals surface area contributed by atoms with E-state index in [0.717, 1.165) is 19.1 Å². The minimum atomic E-state index is -3.49. The van der Waals surface area contributed by atoms with Gasteiger partial charge in [-0.15, -0.1) is 0 Å². The van der Waals surface area contributed by atoms with Crippen molar-refractivity contribution in [1.29, 1.82) is 0 Å². The number of amides is 1. The van der Waals surface area contributed by atoms with Gasteiger partial charge in [-0.3, -0.25) is 4.18 Å². The van der Waals surface area contributed by atoms with Gasteiger partial charge in [0.15, 0.2) is 0 Å². The van der Waals surface area contributed by atoms with Crippen molar-refractivity contribution >= 4 is 16.2 Å². The molecule has 0 radical (unpaired) electrons. The van der Waals surface area contributed by atoms with Crippen LogP contribution in [0.3, 0.4) is 0 Å². The van der Waals surface area contributed by atoms with E-state index in [0.29, 0.717) is 13.0 Å². The summed E-state index contributed by atoms with van der Waals surface area (Å²) in [6.07, 6.45) is 1.96. The summed E-state index contributed by atoms with van der Waals surface area (Å²) in [5, 5.41) is 9.34. The Morgan fingerprint density at radius 3 is 2.42 bits per heavy atom. The minimum absolute atomic E-state index is 0.0138. The van der Waals surface area contributed by atoms with Gasteiger partial charge >= 0.3 is 6.09 Å². The highest BCUT2D eigenvalue weighted by Gasteiger charge is 2.51. The van der Waals surface area contributed by atoms with Gasteiger partial charge in [0.2, 0.25) is 0 Å². The Morgan fingerprint density at radius 2 is 2.00 bits per heavy atom. The first-order valence-corrected chi connectivity index (χ1v) is 8.16. The molecule has 1 saturated heterocycles. The first-order valence-electron chi connectivity index (χ1n) is 6.35. The van der Waals surface area contributed by atoms with E-state index in [1.807, 2.05) is 20.8 Å². The summed E-state index contributed by atoms with van der Waals surface area (Å²) in [5.41, 5.74) is -0.841. The molecule has 0 bridgehead atoms. The Kier molecular flexibility index (Phi) is 4.51. The van der Waals surface area contributed by atoms with Crippen molar-refractivity contribution in [2.75, 3.05) is 19.4 Å². The van der Waals surface area contributed by atoms with Crippen LogP contribution in [0.1, 0.15) is 40.0 Å². The molecule has 1 amide bonds. The largest absolute Gasteiger partial charge is 0.465 e. The Morgan fingerprint density at radius 1 is 1.42 bits per heavy atom. The van der Waals surface area contributed by atoms with Crippen molar-refractivity contribution in [3.8, 4) is 0 Å². The predicted molar refractivity (Wildman–Crippen MR) is 71.6 cm³/mol. The van der Waals surface area contributed by atoms with E-state index in [1.165, 1.54) is 4.90 Å². The van der Waals surface area contributed by atoms with E-state index >= 15 is 0 Å². The number of rotatable bonds is 4. The Labute approximate surface area is 114 Å². The molecule has 0 aromatic rings. The smallest absolute Gasteiger partial charge is 0.407 e. The van der Waals surface area contributed by atoms with Crippen molar-refractivity contribution in [2.45, 2.75) is 45.6 Å². The highest BCUT2D eigenvalue weighted by atomic mass is 32.2. The molecule has 0 saturated carbocycles. The molecule has 1 aliphatic rings. The fourth-order valence-corrected chi connectivity index (χ4v) is 3.32. The van der Waals surface area contributed by atoms with Gasteiger partial charge in [0.1, 0.15) is 0 Å². The molecule has 0 aromatic heterocycles. The molecule has 1 aliphatic heterocycles. The molecule has 1 rings (SSSR count). The number of hydrogen-bond donors (Lipinski definition) is 1. The molecule has 1 heterocycles. The van der Waals surface area contributed by atoms with Crippen LogP contribution in [-0.4, -0.2) is 49.5 Å². The van der Waals surface area contributed by atoms with Gasteiger partial charge in [0, 0.05) is 6.54 Å².